The Morgan fingerprint density at radius 3 is 2.60 bits per heavy atom. The maximum Gasteiger partial charge on any atom is 0.143 e. The largest absolute Gasteiger partial charge is 0.299 e. The van der Waals surface area contributed by atoms with Crippen molar-refractivity contribution in [3.63, 3.8) is 0 Å². The number of hydrogen-bond donors (Lipinski definition) is 0. The minimum absolute atomic E-state index is 0.211. The first-order chi connectivity index (χ1) is 6.99. The van der Waals surface area contributed by atoms with E-state index < -0.39 is 0 Å². The third-order valence-electron chi connectivity index (χ3n) is 2.44. The van der Waals surface area contributed by atoms with Crippen LogP contribution in [0.5, 0.6) is 0 Å². The van der Waals surface area contributed by atoms with Gasteiger partial charge in [0, 0.05) is 6.54 Å². The van der Waals surface area contributed by atoms with Crippen molar-refractivity contribution in [3.05, 3.63) is 34.9 Å². The number of Topliss-reactive ketones (excluding diaryl/α,β-unsaturated/α-hetero) is 1. The Morgan fingerprint density at radius 1 is 1.33 bits per heavy atom. The fourth-order valence-electron chi connectivity index (χ4n) is 1.70. The van der Waals surface area contributed by atoms with Gasteiger partial charge in [0.25, 0.3) is 0 Å². The predicted molar refractivity (Wildman–Crippen MR) is 62.9 cm³/mol. The maximum atomic E-state index is 11.0. The van der Waals surface area contributed by atoms with E-state index in [-0.39, 0.29) is 5.78 Å². The fraction of sp³-hybridized carbons (Fsp3) is 0.462. The van der Waals surface area contributed by atoms with Crippen LogP contribution in [-0.4, -0.2) is 24.3 Å². The van der Waals surface area contributed by atoms with Crippen molar-refractivity contribution >= 4 is 5.78 Å². The lowest BCUT2D eigenvalue weighted by Crippen LogP contribution is -2.24. The van der Waals surface area contributed by atoms with Crippen molar-refractivity contribution in [2.45, 2.75) is 27.3 Å². The summed E-state index contributed by atoms with van der Waals surface area (Å²) >= 11 is 0. The lowest BCUT2D eigenvalue weighted by molar-refractivity contribution is -0.117. The number of ketones is 1. The van der Waals surface area contributed by atoms with Crippen molar-refractivity contribution in [2.24, 2.45) is 0 Å². The summed E-state index contributed by atoms with van der Waals surface area (Å²) in [5.74, 6) is 0.211. The molecule has 82 valence electrons. The summed E-state index contributed by atoms with van der Waals surface area (Å²) in [4.78, 5) is 13.0. The minimum Gasteiger partial charge on any atom is -0.299 e. The standard InChI is InChI=1S/C13H19NO/c1-10-5-6-11(2)13(7-10)9-14(4)8-12(3)15/h5-7H,8-9H2,1-4H3. The molecular formula is C13H19NO. The molecule has 15 heavy (non-hydrogen) atoms. The molecule has 0 aromatic heterocycles. The summed E-state index contributed by atoms with van der Waals surface area (Å²) in [5.41, 5.74) is 3.86. The highest BCUT2D eigenvalue weighted by Gasteiger charge is 2.05. The molecule has 0 amide bonds. The Kier molecular flexibility index (Phi) is 4.04. The van der Waals surface area contributed by atoms with Crippen LogP contribution in [0.2, 0.25) is 0 Å². The molecule has 0 radical (unpaired) electrons. The van der Waals surface area contributed by atoms with Crippen LogP contribution < -0.4 is 0 Å². The van der Waals surface area contributed by atoms with E-state index in [0.717, 1.165) is 6.54 Å². The van der Waals surface area contributed by atoms with Crippen molar-refractivity contribution in [1.29, 1.82) is 0 Å². The SMILES string of the molecule is CC(=O)CN(C)Cc1cc(C)ccc1C. The summed E-state index contributed by atoms with van der Waals surface area (Å²) in [6.07, 6.45) is 0. The number of hydrogen-bond acceptors (Lipinski definition) is 2. The molecule has 1 aromatic rings. The van der Waals surface area contributed by atoms with Gasteiger partial charge in [0.2, 0.25) is 0 Å². The average Bonchev–Trinajstić information content (AvgIpc) is 2.10. The molecule has 2 nitrogen and oxygen atoms in total. The molecule has 2 heteroatoms. The van der Waals surface area contributed by atoms with E-state index >= 15 is 0 Å². The molecule has 0 aliphatic carbocycles. The molecular weight excluding hydrogens is 186 g/mol. The Hall–Kier alpha value is -1.15. The van der Waals surface area contributed by atoms with Crippen LogP contribution in [-0.2, 0) is 11.3 Å². The number of carbonyl (C=O) groups excluding carboxylic acids is 1. The summed E-state index contributed by atoms with van der Waals surface area (Å²) in [6, 6.07) is 6.43. The molecule has 0 N–H and O–H groups in total. The minimum atomic E-state index is 0.211. The van der Waals surface area contributed by atoms with E-state index in [2.05, 4.69) is 32.0 Å². The van der Waals surface area contributed by atoms with Gasteiger partial charge in [-0.05, 0) is 38.9 Å². The van der Waals surface area contributed by atoms with E-state index in [0.29, 0.717) is 6.54 Å². The second-order valence-electron chi connectivity index (χ2n) is 4.30. The van der Waals surface area contributed by atoms with Crippen LogP contribution >= 0.6 is 0 Å². The first-order valence-corrected chi connectivity index (χ1v) is 5.23. The molecule has 0 bridgehead atoms. The number of nitrogens with zero attached hydrogens (tertiary/aromatic N) is 1. The third-order valence-corrected chi connectivity index (χ3v) is 2.44. The van der Waals surface area contributed by atoms with Gasteiger partial charge in [0.1, 0.15) is 5.78 Å². The Balaban J connectivity index is 2.71. The summed E-state index contributed by atoms with van der Waals surface area (Å²) in [5, 5.41) is 0. The molecule has 0 aliphatic heterocycles. The molecule has 0 spiro atoms. The zero-order valence-electron chi connectivity index (χ0n) is 10.0. The van der Waals surface area contributed by atoms with Crippen LogP contribution in [0.3, 0.4) is 0 Å². The van der Waals surface area contributed by atoms with Gasteiger partial charge in [-0.1, -0.05) is 23.8 Å². The van der Waals surface area contributed by atoms with E-state index in [1.807, 2.05) is 11.9 Å². The summed E-state index contributed by atoms with van der Waals surface area (Å²) < 4.78 is 0. The number of benzene rings is 1. The van der Waals surface area contributed by atoms with Gasteiger partial charge in [-0.2, -0.15) is 0 Å². The van der Waals surface area contributed by atoms with E-state index in [9.17, 15) is 4.79 Å². The Bertz CT molecular complexity index is 358. The van der Waals surface area contributed by atoms with Gasteiger partial charge in [0.15, 0.2) is 0 Å². The third kappa shape index (κ3) is 3.84. The van der Waals surface area contributed by atoms with E-state index in [1.54, 1.807) is 6.92 Å². The molecule has 1 aromatic carbocycles. The average molecular weight is 205 g/mol. The van der Waals surface area contributed by atoms with Crippen LogP contribution in [0.4, 0.5) is 0 Å². The zero-order valence-corrected chi connectivity index (χ0v) is 10.0. The second-order valence-corrected chi connectivity index (χ2v) is 4.30. The van der Waals surface area contributed by atoms with Gasteiger partial charge in [0.05, 0.1) is 6.54 Å². The van der Waals surface area contributed by atoms with Crippen LogP contribution in [0, 0.1) is 13.8 Å². The first kappa shape index (κ1) is 11.9. The highest BCUT2D eigenvalue weighted by molar-refractivity contribution is 5.77. The molecule has 0 unspecified atom stereocenters. The lowest BCUT2D eigenvalue weighted by Gasteiger charge is -2.16. The molecule has 0 atom stereocenters. The lowest BCUT2D eigenvalue weighted by atomic mass is 10.1. The van der Waals surface area contributed by atoms with Crippen molar-refractivity contribution in [2.75, 3.05) is 13.6 Å². The number of aryl methyl sites for hydroxylation is 2. The predicted octanol–water partition coefficient (Wildman–Crippen LogP) is 2.32. The first-order valence-electron chi connectivity index (χ1n) is 5.23. The van der Waals surface area contributed by atoms with Gasteiger partial charge in [-0.3, -0.25) is 9.69 Å². The quantitative estimate of drug-likeness (QED) is 0.752. The molecule has 0 saturated heterocycles. The Morgan fingerprint density at radius 2 is 2.00 bits per heavy atom. The van der Waals surface area contributed by atoms with Gasteiger partial charge >= 0.3 is 0 Å². The zero-order chi connectivity index (χ0) is 11.4. The van der Waals surface area contributed by atoms with Gasteiger partial charge < -0.3 is 0 Å². The molecule has 1 rings (SSSR count). The maximum absolute atomic E-state index is 11.0. The van der Waals surface area contributed by atoms with Crippen molar-refractivity contribution < 1.29 is 4.79 Å². The Labute approximate surface area is 91.9 Å². The topological polar surface area (TPSA) is 20.3 Å². The van der Waals surface area contributed by atoms with Crippen LogP contribution in [0.15, 0.2) is 18.2 Å². The molecule has 0 heterocycles. The highest BCUT2D eigenvalue weighted by Crippen LogP contribution is 2.12. The van der Waals surface area contributed by atoms with E-state index in [1.165, 1.54) is 16.7 Å². The summed E-state index contributed by atoms with van der Waals surface area (Å²) in [6.45, 7) is 7.18. The molecule has 0 aliphatic rings. The highest BCUT2D eigenvalue weighted by atomic mass is 16.1. The second kappa shape index (κ2) is 5.08. The number of rotatable bonds is 4. The number of carbonyl (C=O) groups is 1. The summed E-state index contributed by atoms with van der Waals surface area (Å²) in [7, 11) is 1.98. The van der Waals surface area contributed by atoms with Gasteiger partial charge in [-0.15, -0.1) is 0 Å². The fourth-order valence-corrected chi connectivity index (χ4v) is 1.70. The monoisotopic (exact) mass is 205 g/mol. The van der Waals surface area contributed by atoms with E-state index in [4.69, 9.17) is 0 Å². The molecule has 0 saturated carbocycles. The normalized spacial score (nSPS) is 10.7. The van der Waals surface area contributed by atoms with Crippen LogP contribution in [0.25, 0.3) is 0 Å². The van der Waals surface area contributed by atoms with Crippen molar-refractivity contribution in [3.8, 4) is 0 Å². The van der Waals surface area contributed by atoms with Crippen LogP contribution in [0.1, 0.15) is 23.6 Å². The van der Waals surface area contributed by atoms with Gasteiger partial charge in [-0.25, -0.2) is 0 Å². The van der Waals surface area contributed by atoms with Crippen molar-refractivity contribution in [1.82, 2.24) is 4.90 Å². The smallest absolute Gasteiger partial charge is 0.143 e. The number of likely N-dealkylation sites (N-methyl/N-ethyl adjacent to an activating group) is 1. The molecule has 0 fully saturated rings.